The summed E-state index contributed by atoms with van der Waals surface area (Å²) in [4.78, 5) is 30.3. The van der Waals surface area contributed by atoms with Gasteiger partial charge < -0.3 is 9.64 Å². The van der Waals surface area contributed by atoms with Crippen LogP contribution in [0.3, 0.4) is 0 Å². The molecule has 0 aliphatic rings. The number of benzene rings is 1. The number of ether oxygens (including phenoxy) is 1. The fourth-order valence-electron chi connectivity index (χ4n) is 2.81. The van der Waals surface area contributed by atoms with E-state index in [2.05, 4.69) is 36.2 Å². The number of hydrogen-bond acceptors (Lipinski definition) is 4. The van der Waals surface area contributed by atoms with E-state index >= 15 is 0 Å². The van der Waals surface area contributed by atoms with Crippen LogP contribution in [0.4, 0.5) is 0 Å². The molecule has 0 N–H and O–H groups in total. The highest BCUT2D eigenvalue weighted by molar-refractivity contribution is 5.77. The number of pyridine rings is 1. The van der Waals surface area contributed by atoms with E-state index in [4.69, 9.17) is 4.74 Å². The highest BCUT2D eigenvalue weighted by Gasteiger charge is 2.16. The van der Waals surface area contributed by atoms with Gasteiger partial charge in [-0.05, 0) is 42.5 Å². The van der Waals surface area contributed by atoms with Crippen LogP contribution < -0.4 is 0 Å². The summed E-state index contributed by atoms with van der Waals surface area (Å²) in [7, 11) is 0. The molecule has 0 spiro atoms. The number of aromatic nitrogens is 1. The molecule has 0 radical (unpaired) electrons. The first-order valence-corrected chi connectivity index (χ1v) is 9.52. The lowest BCUT2D eigenvalue weighted by Crippen LogP contribution is -2.33. The van der Waals surface area contributed by atoms with E-state index in [1.807, 2.05) is 12.1 Å². The molecule has 0 unspecified atom stereocenters. The fraction of sp³-hybridized carbons (Fsp3) is 0.409. The van der Waals surface area contributed by atoms with Crippen LogP contribution in [-0.4, -0.2) is 34.9 Å². The van der Waals surface area contributed by atoms with Gasteiger partial charge in [-0.2, -0.15) is 0 Å². The molecular formula is C22H28N2O3. The second kappa shape index (κ2) is 11.1. The van der Waals surface area contributed by atoms with Crippen molar-refractivity contribution in [1.82, 2.24) is 9.88 Å². The molecule has 144 valence electrons. The molecule has 1 aromatic heterocycles. The third-order valence-corrected chi connectivity index (χ3v) is 4.40. The molecule has 0 aliphatic heterocycles. The molecule has 2 aromatic rings. The van der Waals surface area contributed by atoms with Gasteiger partial charge in [-0.15, -0.1) is 0 Å². The van der Waals surface area contributed by atoms with Gasteiger partial charge in [0.2, 0.25) is 5.91 Å². The number of carbonyl (C=O) groups excluding carboxylic acids is 2. The van der Waals surface area contributed by atoms with Crippen molar-refractivity contribution in [3.05, 3.63) is 65.5 Å². The van der Waals surface area contributed by atoms with E-state index in [0.717, 1.165) is 17.5 Å². The third-order valence-electron chi connectivity index (χ3n) is 4.40. The molecule has 1 heterocycles. The number of rotatable bonds is 10. The van der Waals surface area contributed by atoms with E-state index < -0.39 is 0 Å². The summed E-state index contributed by atoms with van der Waals surface area (Å²) in [5, 5.41) is 0. The number of carbonyl (C=O) groups is 2. The summed E-state index contributed by atoms with van der Waals surface area (Å²) in [5.74, 6) is -0.251. The SMILES string of the molecule is CCOC(=O)CCN(Cc1cccnc1)C(=O)CCc1ccc(CC)cc1. The van der Waals surface area contributed by atoms with Gasteiger partial charge in [0.1, 0.15) is 0 Å². The quantitative estimate of drug-likeness (QED) is 0.602. The van der Waals surface area contributed by atoms with Gasteiger partial charge >= 0.3 is 5.97 Å². The smallest absolute Gasteiger partial charge is 0.307 e. The molecule has 27 heavy (non-hydrogen) atoms. The van der Waals surface area contributed by atoms with Gasteiger partial charge in [0.25, 0.3) is 0 Å². The zero-order valence-electron chi connectivity index (χ0n) is 16.2. The Morgan fingerprint density at radius 1 is 1.00 bits per heavy atom. The maximum Gasteiger partial charge on any atom is 0.307 e. The van der Waals surface area contributed by atoms with E-state index in [0.29, 0.717) is 32.5 Å². The fourth-order valence-corrected chi connectivity index (χ4v) is 2.81. The first kappa shape index (κ1) is 20.6. The topological polar surface area (TPSA) is 59.5 Å². The van der Waals surface area contributed by atoms with Crippen LogP contribution in [0.25, 0.3) is 0 Å². The van der Waals surface area contributed by atoms with Crippen LogP contribution in [0.15, 0.2) is 48.8 Å². The third kappa shape index (κ3) is 7.21. The lowest BCUT2D eigenvalue weighted by atomic mass is 10.1. The maximum atomic E-state index is 12.8. The Morgan fingerprint density at radius 2 is 1.74 bits per heavy atom. The average Bonchev–Trinajstić information content (AvgIpc) is 2.70. The van der Waals surface area contributed by atoms with Crippen LogP contribution in [0.5, 0.6) is 0 Å². The van der Waals surface area contributed by atoms with Crippen molar-refractivity contribution >= 4 is 11.9 Å². The Balaban J connectivity index is 1.96. The van der Waals surface area contributed by atoms with Gasteiger partial charge in [0.15, 0.2) is 0 Å². The molecule has 0 aliphatic carbocycles. The van der Waals surface area contributed by atoms with Crippen molar-refractivity contribution in [2.45, 2.75) is 46.1 Å². The number of aryl methyl sites for hydroxylation is 2. The predicted octanol–water partition coefficient (Wildman–Crippen LogP) is 3.56. The Kier molecular flexibility index (Phi) is 8.49. The Bertz CT molecular complexity index is 714. The zero-order valence-corrected chi connectivity index (χ0v) is 16.2. The van der Waals surface area contributed by atoms with Gasteiger partial charge in [-0.1, -0.05) is 37.3 Å². The summed E-state index contributed by atoms with van der Waals surface area (Å²) in [6.45, 7) is 5.05. The minimum absolute atomic E-state index is 0.0303. The van der Waals surface area contributed by atoms with Crippen molar-refractivity contribution < 1.29 is 14.3 Å². The second-order valence-corrected chi connectivity index (χ2v) is 6.40. The molecule has 5 heteroatoms. The molecule has 0 fully saturated rings. The standard InChI is InChI=1S/C22H28N2O3/c1-3-18-7-9-19(10-8-18)11-12-21(25)24(15-13-22(26)27-4-2)17-20-6-5-14-23-16-20/h5-10,14,16H,3-4,11-13,15,17H2,1-2H3. The lowest BCUT2D eigenvalue weighted by molar-refractivity contribution is -0.144. The van der Waals surface area contributed by atoms with Crippen LogP contribution in [0.1, 0.15) is 43.4 Å². The first-order chi connectivity index (χ1) is 13.1. The van der Waals surface area contributed by atoms with E-state index in [1.165, 1.54) is 5.56 Å². The first-order valence-electron chi connectivity index (χ1n) is 9.52. The summed E-state index contributed by atoms with van der Waals surface area (Å²) in [6.07, 6.45) is 5.75. The average molecular weight is 368 g/mol. The van der Waals surface area contributed by atoms with Crippen molar-refractivity contribution in [3.8, 4) is 0 Å². The number of hydrogen-bond donors (Lipinski definition) is 0. The van der Waals surface area contributed by atoms with Gasteiger partial charge in [0.05, 0.1) is 13.0 Å². The molecule has 1 amide bonds. The van der Waals surface area contributed by atoms with Gasteiger partial charge in [0, 0.05) is 31.9 Å². The number of amides is 1. The number of esters is 1. The summed E-state index contributed by atoms with van der Waals surface area (Å²) in [6, 6.07) is 12.1. The minimum Gasteiger partial charge on any atom is -0.466 e. The summed E-state index contributed by atoms with van der Waals surface area (Å²) >= 11 is 0. The molecule has 1 aromatic carbocycles. The van der Waals surface area contributed by atoms with Gasteiger partial charge in [-0.25, -0.2) is 0 Å². The van der Waals surface area contributed by atoms with Crippen LogP contribution in [0, 0.1) is 0 Å². The van der Waals surface area contributed by atoms with E-state index in [-0.39, 0.29) is 18.3 Å². The van der Waals surface area contributed by atoms with Crippen molar-refractivity contribution in [2.24, 2.45) is 0 Å². The molecule has 5 nitrogen and oxygen atoms in total. The largest absolute Gasteiger partial charge is 0.466 e. The van der Waals surface area contributed by atoms with E-state index in [9.17, 15) is 9.59 Å². The number of nitrogens with zero attached hydrogens (tertiary/aromatic N) is 2. The summed E-state index contributed by atoms with van der Waals surface area (Å²) in [5.41, 5.74) is 3.38. The monoisotopic (exact) mass is 368 g/mol. The normalized spacial score (nSPS) is 10.4. The van der Waals surface area contributed by atoms with Crippen LogP contribution in [-0.2, 0) is 33.7 Å². The molecule has 0 saturated carbocycles. The van der Waals surface area contributed by atoms with Crippen LogP contribution in [0.2, 0.25) is 0 Å². The minimum atomic E-state index is -0.281. The van der Waals surface area contributed by atoms with Crippen molar-refractivity contribution in [3.63, 3.8) is 0 Å². The van der Waals surface area contributed by atoms with Crippen molar-refractivity contribution in [2.75, 3.05) is 13.2 Å². The summed E-state index contributed by atoms with van der Waals surface area (Å²) < 4.78 is 4.98. The Labute approximate surface area is 161 Å². The van der Waals surface area contributed by atoms with Crippen molar-refractivity contribution in [1.29, 1.82) is 0 Å². The van der Waals surface area contributed by atoms with Crippen LogP contribution >= 0.6 is 0 Å². The Morgan fingerprint density at radius 3 is 2.37 bits per heavy atom. The molecule has 0 saturated heterocycles. The second-order valence-electron chi connectivity index (χ2n) is 6.40. The molecule has 0 bridgehead atoms. The maximum absolute atomic E-state index is 12.8. The lowest BCUT2D eigenvalue weighted by Gasteiger charge is -2.22. The zero-order chi connectivity index (χ0) is 19.5. The molecular weight excluding hydrogens is 340 g/mol. The Hall–Kier alpha value is -2.69. The van der Waals surface area contributed by atoms with Gasteiger partial charge in [-0.3, -0.25) is 14.6 Å². The van der Waals surface area contributed by atoms with E-state index in [1.54, 1.807) is 24.2 Å². The predicted molar refractivity (Wildman–Crippen MR) is 105 cm³/mol. The molecule has 2 rings (SSSR count). The highest BCUT2D eigenvalue weighted by Crippen LogP contribution is 2.11. The molecule has 0 atom stereocenters. The highest BCUT2D eigenvalue weighted by atomic mass is 16.5.